The van der Waals surface area contributed by atoms with E-state index >= 15 is 0 Å². The highest BCUT2D eigenvalue weighted by molar-refractivity contribution is 14.0. The van der Waals surface area contributed by atoms with E-state index < -0.39 is 0 Å². The summed E-state index contributed by atoms with van der Waals surface area (Å²) in [7, 11) is 6.22. The Morgan fingerprint density at radius 3 is 2.73 bits per heavy atom. The zero-order valence-corrected chi connectivity index (χ0v) is 19.5. The molecule has 0 aliphatic heterocycles. The van der Waals surface area contributed by atoms with Gasteiger partial charge in [-0.25, -0.2) is 4.98 Å². The van der Waals surface area contributed by atoms with E-state index in [0.29, 0.717) is 5.15 Å². The first-order valence-corrected chi connectivity index (χ1v) is 9.55. The van der Waals surface area contributed by atoms with E-state index in [9.17, 15) is 0 Å². The minimum Gasteiger partial charge on any atom is -0.356 e. The molecule has 1 aliphatic carbocycles. The summed E-state index contributed by atoms with van der Waals surface area (Å²) < 4.78 is 0. The van der Waals surface area contributed by atoms with Gasteiger partial charge in [-0.05, 0) is 50.9 Å². The highest BCUT2D eigenvalue weighted by atomic mass is 127. The van der Waals surface area contributed by atoms with Gasteiger partial charge in [-0.15, -0.1) is 24.0 Å². The molecule has 148 valence electrons. The molecule has 0 bridgehead atoms. The lowest BCUT2D eigenvalue weighted by Crippen LogP contribution is -2.56. The average molecular weight is 494 g/mol. The molecule has 0 radical (unpaired) electrons. The second-order valence-corrected chi connectivity index (χ2v) is 7.80. The van der Waals surface area contributed by atoms with Crippen molar-refractivity contribution < 1.29 is 0 Å². The van der Waals surface area contributed by atoms with Crippen molar-refractivity contribution in [2.24, 2.45) is 10.9 Å². The van der Waals surface area contributed by atoms with Crippen molar-refractivity contribution in [1.82, 2.24) is 20.5 Å². The quantitative estimate of drug-likeness (QED) is 0.275. The summed E-state index contributed by atoms with van der Waals surface area (Å²) in [6.07, 6.45) is 7.84. The molecule has 0 aromatic carbocycles. The van der Waals surface area contributed by atoms with Crippen molar-refractivity contribution in [2.45, 2.75) is 44.6 Å². The van der Waals surface area contributed by atoms with Crippen molar-refractivity contribution in [3.63, 3.8) is 0 Å². The molecule has 1 saturated carbocycles. The number of aliphatic imine (C=N–C) groups is 1. The zero-order chi connectivity index (χ0) is 18.3. The smallest absolute Gasteiger partial charge is 0.191 e. The van der Waals surface area contributed by atoms with E-state index in [1.54, 1.807) is 0 Å². The average Bonchev–Trinajstić information content (AvgIpc) is 2.59. The van der Waals surface area contributed by atoms with Crippen molar-refractivity contribution in [2.75, 3.05) is 34.2 Å². The minimum atomic E-state index is 0. The highest BCUT2D eigenvalue weighted by Crippen LogP contribution is 2.35. The van der Waals surface area contributed by atoms with E-state index in [1.807, 2.05) is 25.4 Å². The SMILES string of the molecule is CN=C(NCCc1ccc(Cl)nc1)NCC1(N(C)C)CCCC(C)C1.I. The van der Waals surface area contributed by atoms with Crippen molar-refractivity contribution in [3.8, 4) is 0 Å². The van der Waals surface area contributed by atoms with Crippen LogP contribution in [0.15, 0.2) is 23.3 Å². The van der Waals surface area contributed by atoms with Gasteiger partial charge in [0.2, 0.25) is 0 Å². The van der Waals surface area contributed by atoms with Gasteiger partial charge < -0.3 is 15.5 Å². The Balaban J connectivity index is 0.00000338. The number of hydrogen-bond acceptors (Lipinski definition) is 3. The number of rotatable bonds is 6. The predicted octanol–water partition coefficient (Wildman–Crippen LogP) is 3.57. The number of hydrogen-bond donors (Lipinski definition) is 2. The molecule has 0 saturated heterocycles. The van der Waals surface area contributed by atoms with Gasteiger partial charge in [0.15, 0.2) is 5.96 Å². The van der Waals surface area contributed by atoms with Crippen LogP contribution < -0.4 is 10.6 Å². The van der Waals surface area contributed by atoms with Gasteiger partial charge in [0, 0.05) is 31.9 Å². The maximum absolute atomic E-state index is 5.82. The molecule has 2 unspecified atom stereocenters. The van der Waals surface area contributed by atoms with Gasteiger partial charge in [0.05, 0.1) is 0 Å². The van der Waals surface area contributed by atoms with Crippen LogP contribution in [0.3, 0.4) is 0 Å². The molecule has 1 aliphatic rings. The number of guanidine groups is 1. The second kappa shape index (κ2) is 11.3. The van der Waals surface area contributed by atoms with Gasteiger partial charge in [0.1, 0.15) is 5.15 Å². The lowest BCUT2D eigenvalue weighted by Gasteiger charge is -2.45. The van der Waals surface area contributed by atoms with Crippen LogP contribution >= 0.6 is 35.6 Å². The van der Waals surface area contributed by atoms with Gasteiger partial charge in [-0.3, -0.25) is 4.99 Å². The number of likely N-dealkylation sites (N-methyl/N-ethyl adjacent to an activating group) is 1. The zero-order valence-electron chi connectivity index (χ0n) is 16.4. The monoisotopic (exact) mass is 493 g/mol. The largest absolute Gasteiger partial charge is 0.356 e. The Morgan fingerprint density at radius 2 is 2.15 bits per heavy atom. The third-order valence-electron chi connectivity index (χ3n) is 5.32. The molecule has 2 N–H and O–H groups in total. The van der Waals surface area contributed by atoms with E-state index in [-0.39, 0.29) is 29.5 Å². The normalized spacial score (nSPS) is 23.5. The van der Waals surface area contributed by atoms with Gasteiger partial charge in [-0.2, -0.15) is 0 Å². The molecule has 0 amide bonds. The lowest BCUT2D eigenvalue weighted by molar-refractivity contribution is 0.0796. The number of halogens is 2. The Labute approximate surface area is 180 Å². The van der Waals surface area contributed by atoms with E-state index in [4.69, 9.17) is 11.6 Å². The first kappa shape index (κ1) is 23.4. The molecular weight excluding hydrogens is 461 g/mol. The van der Waals surface area contributed by atoms with E-state index in [1.165, 1.54) is 31.2 Å². The van der Waals surface area contributed by atoms with Gasteiger partial charge >= 0.3 is 0 Å². The Bertz CT molecular complexity index is 564. The highest BCUT2D eigenvalue weighted by Gasteiger charge is 2.36. The third kappa shape index (κ3) is 6.85. The first-order chi connectivity index (χ1) is 11.9. The summed E-state index contributed by atoms with van der Waals surface area (Å²) in [5.41, 5.74) is 1.38. The number of nitrogens with zero attached hydrogens (tertiary/aromatic N) is 3. The van der Waals surface area contributed by atoms with Crippen LogP contribution in [0.1, 0.15) is 38.2 Å². The fourth-order valence-electron chi connectivity index (χ4n) is 3.71. The summed E-state index contributed by atoms with van der Waals surface area (Å²) in [4.78, 5) is 10.9. The van der Waals surface area contributed by atoms with Crippen LogP contribution in [-0.2, 0) is 6.42 Å². The molecular formula is C19H33ClIN5. The van der Waals surface area contributed by atoms with E-state index in [2.05, 4.69) is 46.5 Å². The molecule has 5 nitrogen and oxygen atoms in total. The minimum absolute atomic E-state index is 0. The number of pyridine rings is 1. The van der Waals surface area contributed by atoms with Gasteiger partial charge in [0.25, 0.3) is 0 Å². The second-order valence-electron chi connectivity index (χ2n) is 7.41. The van der Waals surface area contributed by atoms with Gasteiger partial charge in [-0.1, -0.05) is 37.4 Å². The van der Waals surface area contributed by atoms with Crippen LogP contribution in [-0.4, -0.2) is 55.6 Å². The fourth-order valence-corrected chi connectivity index (χ4v) is 3.82. The Hall–Kier alpha value is -0.600. The molecule has 1 fully saturated rings. The maximum Gasteiger partial charge on any atom is 0.191 e. The summed E-state index contributed by atoms with van der Waals surface area (Å²) in [6.45, 7) is 4.10. The standard InChI is InChI=1S/C19H32ClN5.HI/c1-15-6-5-10-19(12-15,25(3)4)14-24-18(21-2)22-11-9-16-7-8-17(20)23-13-16;/h7-8,13,15H,5-6,9-12,14H2,1-4H3,(H2,21,22,24);1H. The van der Waals surface area contributed by atoms with Crippen molar-refractivity contribution in [3.05, 3.63) is 29.0 Å². The summed E-state index contributed by atoms with van der Waals surface area (Å²) in [5.74, 6) is 1.65. The summed E-state index contributed by atoms with van der Waals surface area (Å²) in [6, 6.07) is 3.84. The Morgan fingerprint density at radius 1 is 1.38 bits per heavy atom. The van der Waals surface area contributed by atoms with Crippen LogP contribution in [0.2, 0.25) is 5.15 Å². The molecule has 2 atom stereocenters. The fraction of sp³-hybridized carbons (Fsp3) is 0.684. The molecule has 0 spiro atoms. The Kier molecular flexibility index (Phi) is 10.2. The molecule has 26 heavy (non-hydrogen) atoms. The number of aromatic nitrogens is 1. The maximum atomic E-state index is 5.82. The van der Waals surface area contributed by atoms with Crippen LogP contribution in [0.4, 0.5) is 0 Å². The summed E-state index contributed by atoms with van der Waals surface area (Å²) >= 11 is 5.82. The van der Waals surface area contributed by atoms with Crippen LogP contribution in [0.25, 0.3) is 0 Å². The molecule has 1 aromatic rings. The van der Waals surface area contributed by atoms with Crippen molar-refractivity contribution in [1.29, 1.82) is 0 Å². The number of nitrogens with one attached hydrogen (secondary N) is 2. The van der Waals surface area contributed by atoms with Crippen LogP contribution in [0, 0.1) is 5.92 Å². The molecule has 1 aromatic heterocycles. The van der Waals surface area contributed by atoms with E-state index in [0.717, 1.165) is 31.4 Å². The van der Waals surface area contributed by atoms with Crippen LogP contribution in [0.5, 0.6) is 0 Å². The lowest BCUT2D eigenvalue weighted by atomic mass is 9.75. The molecule has 1 heterocycles. The van der Waals surface area contributed by atoms with Crippen molar-refractivity contribution >= 4 is 41.5 Å². The summed E-state index contributed by atoms with van der Waals surface area (Å²) in [5, 5.41) is 7.47. The first-order valence-electron chi connectivity index (χ1n) is 9.17. The third-order valence-corrected chi connectivity index (χ3v) is 5.54. The topological polar surface area (TPSA) is 52.6 Å². The predicted molar refractivity (Wildman–Crippen MR) is 122 cm³/mol. The molecule has 7 heteroatoms. The molecule has 2 rings (SSSR count).